The number of carboxylic acid groups (broad SMARTS) is 1. The van der Waals surface area contributed by atoms with E-state index in [1.54, 1.807) is 12.1 Å². The highest BCUT2D eigenvalue weighted by Crippen LogP contribution is 2.35. The second kappa shape index (κ2) is 6.68. The summed E-state index contributed by atoms with van der Waals surface area (Å²) < 4.78 is 10.5. The number of para-hydroxylation sites is 1. The van der Waals surface area contributed by atoms with Gasteiger partial charge in [0.05, 0.1) is 31.0 Å². The van der Waals surface area contributed by atoms with Crippen molar-refractivity contribution < 1.29 is 24.2 Å². The normalized spacial score (nSPS) is 20.0. The second-order valence-corrected chi connectivity index (χ2v) is 6.05. The van der Waals surface area contributed by atoms with Gasteiger partial charge in [-0.05, 0) is 18.9 Å². The van der Waals surface area contributed by atoms with Gasteiger partial charge in [-0.1, -0.05) is 18.2 Å². The number of hydrogen-bond donors (Lipinski definition) is 1. The number of aliphatic carboxylic acids is 1. The van der Waals surface area contributed by atoms with E-state index < -0.39 is 11.5 Å². The summed E-state index contributed by atoms with van der Waals surface area (Å²) in [4.78, 5) is 31.0. The Morgan fingerprint density at radius 2 is 2.08 bits per heavy atom. The van der Waals surface area contributed by atoms with Gasteiger partial charge in [0, 0.05) is 19.0 Å². The zero-order chi connectivity index (χ0) is 18.0. The molecule has 25 heavy (non-hydrogen) atoms. The van der Waals surface area contributed by atoms with E-state index >= 15 is 0 Å². The van der Waals surface area contributed by atoms with Crippen molar-refractivity contribution in [3.05, 3.63) is 36.0 Å². The van der Waals surface area contributed by atoms with Crippen LogP contribution in [-0.4, -0.2) is 59.8 Å². The van der Waals surface area contributed by atoms with Crippen LogP contribution in [0.2, 0.25) is 0 Å². The van der Waals surface area contributed by atoms with Crippen LogP contribution in [0.4, 0.5) is 0 Å². The van der Waals surface area contributed by atoms with Crippen molar-refractivity contribution in [1.29, 1.82) is 0 Å². The molecule has 1 aliphatic heterocycles. The van der Waals surface area contributed by atoms with Crippen molar-refractivity contribution in [2.75, 3.05) is 27.4 Å². The predicted octanol–water partition coefficient (Wildman–Crippen LogP) is 1.95. The van der Waals surface area contributed by atoms with Crippen LogP contribution in [-0.2, 0) is 9.53 Å². The number of carboxylic acids is 1. The first-order valence-corrected chi connectivity index (χ1v) is 8.01. The SMILES string of the molecule is COCC1(C(=O)O)CCCN1C(=O)c1c(OC)cnc2ccccc12. The standard InChI is InChI=1S/C18H20N2O5/c1-24-11-18(17(22)23)8-5-9-20(18)16(21)15-12-6-3-4-7-13(12)19-10-14(15)25-2/h3-4,6-7,10H,5,8-9,11H2,1-2H3,(H,22,23). The Balaban J connectivity index is 2.14. The molecule has 7 nitrogen and oxygen atoms in total. The summed E-state index contributed by atoms with van der Waals surface area (Å²) in [5.41, 5.74) is -0.378. The molecule has 1 aromatic carbocycles. The Morgan fingerprint density at radius 1 is 1.32 bits per heavy atom. The first-order chi connectivity index (χ1) is 12.0. The minimum Gasteiger partial charge on any atom is -0.494 e. The van der Waals surface area contributed by atoms with E-state index in [0.29, 0.717) is 41.6 Å². The van der Waals surface area contributed by atoms with E-state index in [-0.39, 0.29) is 12.5 Å². The predicted molar refractivity (Wildman–Crippen MR) is 90.8 cm³/mol. The molecule has 132 valence electrons. The highest BCUT2D eigenvalue weighted by molar-refractivity contribution is 6.10. The van der Waals surface area contributed by atoms with E-state index in [4.69, 9.17) is 9.47 Å². The number of benzene rings is 1. The molecule has 1 atom stereocenters. The molecule has 1 unspecified atom stereocenters. The van der Waals surface area contributed by atoms with Gasteiger partial charge >= 0.3 is 5.97 Å². The Hall–Kier alpha value is -2.67. The fourth-order valence-electron chi connectivity index (χ4n) is 3.48. The largest absolute Gasteiger partial charge is 0.494 e. The van der Waals surface area contributed by atoms with Crippen LogP contribution < -0.4 is 4.74 Å². The molecule has 7 heteroatoms. The highest BCUT2D eigenvalue weighted by atomic mass is 16.5. The summed E-state index contributed by atoms with van der Waals surface area (Å²) in [6, 6.07) is 7.23. The van der Waals surface area contributed by atoms with Crippen molar-refractivity contribution in [1.82, 2.24) is 9.88 Å². The molecule has 2 aromatic rings. The number of fused-ring (bicyclic) bond motifs is 1. The molecule has 0 aliphatic carbocycles. The minimum atomic E-state index is -1.36. The van der Waals surface area contributed by atoms with Gasteiger partial charge < -0.3 is 19.5 Å². The third kappa shape index (κ3) is 2.70. The van der Waals surface area contributed by atoms with Crippen LogP contribution in [0.3, 0.4) is 0 Å². The first-order valence-electron chi connectivity index (χ1n) is 8.01. The van der Waals surface area contributed by atoms with Crippen LogP contribution in [0.1, 0.15) is 23.2 Å². The van der Waals surface area contributed by atoms with Gasteiger partial charge in [-0.2, -0.15) is 0 Å². The lowest BCUT2D eigenvalue weighted by molar-refractivity contribution is -0.151. The highest BCUT2D eigenvalue weighted by Gasteiger charge is 2.51. The molecule has 3 rings (SSSR count). The minimum absolute atomic E-state index is 0.0561. The first kappa shape index (κ1) is 17.2. The van der Waals surface area contributed by atoms with Gasteiger partial charge in [-0.25, -0.2) is 4.79 Å². The van der Waals surface area contributed by atoms with Crippen molar-refractivity contribution in [3.63, 3.8) is 0 Å². The Morgan fingerprint density at radius 3 is 2.76 bits per heavy atom. The molecule has 2 heterocycles. The maximum atomic E-state index is 13.3. The number of rotatable bonds is 5. The maximum absolute atomic E-state index is 13.3. The molecule has 0 spiro atoms. The van der Waals surface area contributed by atoms with Crippen molar-refractivity contribution in [2.45, 2.75) is 18.4 Å². The summed E-state index contributed by atoms with van der Waals surface area (Å²) in [7, 11) is 2.90. The Bertz CT molecular complexity index is 822. The summed E-state index contributed by atoms with van der Waals surface area (Å²) in [6.45, 7) is 0.299. The van der Waals surface area contributed by atoms with E-state index in [0.717, 1.165) is 0 Å². The number of likely N-dealkylation sites (tertiary alicyclic amines) is 1. The monoisotopic (exact) mass is 344 g/mol. The average molecular weight is 344 g/mol. The van der Waals surface area contributed by atoms with Crippen molar-refractivity contribution in [2.24, 2.45) is 0 Å². The molecule has 1 aliphatic rings. The molecular weight excluding hydrogens is 324 g/mol. The zero-order valence-corrected chi connectivity index (χ0v) is 14.2. The maximum Gasteiger partial charge on any atom is 0.332 e. The number of carbonyl (C=O) groups is 2. The smallest absolute Gasteiger partial charge is 0.332 e. The van der Waals surface area contributed by atoms with E-state index in [9.17, 15) is 14.7 Å². The van der Waals surface area contributed by atoms with Crippen LogP contribution in [0.15, 0.2) is 30.5 Å². The number of amides is 1. The number of ether oxygens (including phenoxy) is 2. The van der Waals surface area contributed by atoms with E-state index in [1.807, 2.05) is 12.1 Å². The lowest BCUT2D eigenvalue weighted by atomic mass is 9.96. The van der Waals surface area contributed by atoms with Gasteiger partial charge in [-0.15, -0.1) is 0 Å². The fraction of sp³-hybridized carbons (Fsp3) is 0.389. The molecule has 1 N–H and O–H groups in total. The topological polar surface area (TPSA) is 89.0 Å². The number of pyridine rings is 1. The van der Waals surface area contributed by atoms with Gasteiger partial charge in [-0.3, -0.25) is 9.78 Å². The molecule has 1 fully saturated rings. The fourth-order valence-corrected chi connectivity index (χ4v) is 3.48. The second-order valence-electron chi connectivity index (χ2n) is 6.05. The van der Waals surface area contributed by atoms with Crippen LogP contribution in [0, 0.1) is 0 Å². The molecule has 1 amide bonds. The van der Waals surface area contributed by atoms with E-state index in [2.05, 4.69) is 4.98 Å². The quantitative estimate of drug-likeness (QED) is 0.892. The van der Waals surface area contributed by atoms with Gasteiger partial charge in [0.1, 0.15) is 0 Å². The van der Waals surface area contributed by atoms with E-state index in [1.165, 1.54) is 25.3 Å². The van der Waals surface area contributed by atoms with Crippen LogP contribution in [0.25, 0.3) is 10.9 Å². The molecule has 0 radical (unpaired) electrons. The molecule has 0 saturated carbocycles. The number of carbonyl (C=O) groups excluding carboxylic acids is 1. The summed E-state index contributed by atoms with van der Waals surface area (Å²) in [5.74, 6) is -1.11. The number of nitrogens with zero attached hydrogens (tertiary/aromatic N) is 2. The Labute approximate surface area is 145 Å². The summed E-state index contributed by atoms with van der Waals surface area (Å²) in [6.07, 6.45) is 2.45. The number of hydrogen-bond acceptors (Lipinski definition) is 5. The third-order valence-electron chi connectivity index (χ3n) is 4.69. The average Bonchev–Trinajstić information content (AvgIpc) is 3.05. The van der Waals surface area contributed by atoms with Crippen molar-refractivity contribution in [3.8, 4) is 5.75 Å². The molecular formula is C18H20N2O5. The van der Waals surface area contributed by atoms with Gasteiger partial charge in [0.2, 0.25) is 0 Å². The zero-order valence-electron chi connectivity index (χ0n) is 14.2. The summed E-state index contributed by atoms with van der Waals surface area (Å²) in [5, 5.41) is 10.4. The van der Waals surface area contributed by atoms with Gasteiger partial charge in [0.25, 0.3) is 5.91 Å². The molecule has 1 saturated heterocycles. The molecule has 0 bridgehead atoms. The lowest BCUT2D eigenvalue weighted by Crippen LogP contribution is -2.56. The van der Waals surface area contributed by atoms with Crippen LogP contribution in [0.5, 0.6) is 5.75 Å². The number of aromatic nitrogens is 1. The lowest BCUT2D eigenvalue weighted by Gasteiger charge is -2.34. The number of methoxy groups -OCH3 is 2. The van der Waals surface area contributed by atoms with Crippen LogP contribution >= 0.6 is 0 Å². The Kier molecular flexibility index (Phi) is 4.59. The third-order valence-corrected chi connectivity index (χ3v) is 4.69. The summed E-state index contributed by atoms with van der Waals surface area (Å²) >= 11 is 0. The van der Waals surface area contributed by atoms with Gasteiger partial charge in [0.15, 0.2) is 11.3 Å². The molecule has 1 aromatic heterocycles. The van der Waals surface area contributed by atoms with Crippen molar-refractivity contribution >= 4 is 22.8 Å².